The van der Waals surface area contributed by atoms with Gasteiger partial charge in [-0.1, -0.05) is 12.2 Å². The zero-order chi connectivity index (χ0) is 15.2. The number of pyridine rings is 1. The molecule has 0 aromatic carbocycles. The van der Waals surface area contributed by atoms with E-state index in [0.717, 1.165) is 30.5 Å². The molecule has 2 rings (SSSR count). The van der Waals surface area contributed by atoms with Gasteiger partial charge in [0.25, 0.3) is 5.56 Å². The molecule has 0 fully saturated rings. The first-order valence-electron chi connectivity index (χ1n) is 7.42. The molecule has 5 heteroatoms. The van der Waals surface area contributed by atoms with Crippen LogP contribution in [0.3, 0.4) is 0 Å². The lowest BCUT2D eigenvalue weighted by Crippen LogP contribution is -2.39. The topological polar surface area (TPSA) is 74.0 Å². The molecule has 1 aliphatic rings. The van der Waals surface area contributed by atoms with Crippen molar-refractivity contribution in [3.8, 4) is 0 Å². The van der Waals surface area contributed by atoms with E-state index in [4.69, 9.17) is 0 Å². The number of urea groups is 1. The molecule has 0 aliphatic heterocycles. The molecule has 1 aromatic rings. The Kier molecular flexibility index (Phi) is 5.20. The van der Waals surface area contributed by atoms with Crippen molar-refractivity contribution in [2.75, 3.05) is 6.54 Å². The number of hydrogen-bond donors (Lipinski definition) is 3. The number of carbonyl (C=O) groups is 1. The highest BCUT2D eigenvalue weighted by Gasteiger charge is 2.12. The molecule has 21 heavy (non-hydrogen) atoms. The van der Waals surface area contributed by atoms with E-state index in [0.29, 0.717) is 18.0 Å². The van der Waals surface area contributed by atoms with Gasteiger partial charge in [-0.05, 0) is 50.7 Å². The van der Waals surface area contributed by atoms with Crippen LogP contribution >= 0.6 is 0 Å². The van der Waals surface area contributed by atoms with Gasteiger partial charge >= 0.3 is 6.03 Å². The Morgan fingerprint density at radius 2 is 2.14 bits per heavy atom. The molecule has 0 saturated carbocycles. The molecule has 0 spiro atoms. The van der Waals surface area contributed by atoms with Crippen molar-refractivity contribution >= 4 is 6.03 Å². The molecule has 3 N–H and O–H groups in total. The highest BCUT2D eigenvalue weighted by molar-refractivity contribution is 5.73. The fourth-order valence-electron chi connectivity index (χ4n) is 2.61. The van der Waals surface area contributed by atoms with Crippen LogP contribution in [-0.2, 0) is 6.54 Å². The van der Waals surface area contributed by atoms with Gasteiger partial charge in [-0.2, -0.15) is 0 Å². The molecule has 0 saturated heterocycles. The summed E-state index contributed by atoms with van der Waals surface area (Å²) in [6.45, 7) is 4.65. The summed E-state index contributed by atoms with van der Waals surface area (Å²) in [6.07, 6.45) is 7.59. The second-order valence-electron chi connectivity index (χ2n) is 5.66. The number of amides is 2. The van der Waals surface area contributed by atoms with Crippen LogP contribution in [0.2, 0.25) is 0 Å². The van der Waals surface area contributed by atoms with E-state index in [9.17, 15) is 9.59 Å². The van der Waals surface area contributed by atoms with Gasteiger partial charge in [-0.3, -0.25) is 4.79 Å². The van der Waals surface area contributed by atoms with Crippen LogP contribution in [0, 0.1) is 19.8 Å². The van der Waals surface area contributed by atoms with E-state index in [2.05, 4.69) is 27.8 Å². The van der Waals surface area contributed by atoms with Crippen LogP contribution in [-0.4, -0.2) is 17.6 Å². The summed E-state index contributed by atoms with van der Waals surface area (Å²) < 4.78 is 0. The number of aromatic amines is 1. The fraction of sp³-hybridized carbons (Fsp3) is 0.500. The van der Waals surface area contributed by atoms with Gasteiger partial charge in [0.15, 0.2) is 0 Å². The molecular weight excluding hydrogens is 266 g/mol. The molecule has 1 heterocycles. The minimum absolute atomic E-state index is 0.134. The van der Waals surface area contributed by atoms with Crippen LogP contribution in [0.5, 0.6) is 0 Å². The summed E-state index contributed by atoms with van der Waals surface area (Å²) in [7, 11) is 0. The highest BCUT2D eigenvalue weighted by atomic mass is 16.2. The van der Waals surface area contributed by atoms with Crippen LogP contribution in [0.1, 0.15) is 36.1 Å². The Balaban J connectivity index is 1.81. The van der Waals surface area contributed by atoms with E-state index in [1.807, 2.05) is 19.9 Å². The van der Waals surface area contributed by atoms with Gasteiger partial charge in [0.2, 0.25) is 0 Å². The van der Waals surface area contributed by atoms with E-state index in [1.165, 1.54) is 0 Å². The van der Waals surface area contributed by atoms with Gasteiger partial charge < -0.3 is 15.6 Å². The van der Waals surface area contributed by atoms with Crippen LogP contribution in [0.25, 0.3) is 0 Å². The summed E-state index contributed by atoms with van der Waals surface area (Å²) >= 11 is 0. The number of aryl methyl sites for hydroxylation is 2. The molecule has 1 atom stereocenters. The monoisotopic (exact) mass is 289 g/mol. The number of hydrogen-bond acceptors (Lipinski definition) is 2. The highest BCUT2D eigenvalue weighted by Crippen LogP contribution is 2.16. The maximum Gasteiger partial charge on any atom is 0.315 e. The normalized spacial score (nSPS) is 17.5. The third-order valence-corrected chi connectivity index (χ3v) is 3.85. The van der Waals surface area contributed by atoms with Crippen molar-refractivity contribution < 1.29 is 4.79 Å². The number of nitrogens with one attached hydrogen (secondary N) is 3. The lowest BCUT2D eigenvalue weighted by Gasteiger charge is -2.18. The second-order valence-corrected chi connectivity index (χ2v) is 5.66. The van der Waals surface area contributed by atoms with Crippen molar-refractivity contribution in [3.05, 3.63) is 45.4 Å². The van der Waals surface area contributed by atoms with Gasteiger partial charge in [-0.15, -0.1) is 0 Å². The van der Waals surface area contributed by atoms with E-state index >= 15 is 0 Å². The maximum atomic E-state index is 11.8. The molecule has 5 nitrogen and oxygen atoms in total. The van der Waals surface area contributed by atoms with E-state index in [1.54, 1.807) is 0 Å². The maximum absolute atomic E-state index is 11.8. The zero-order valence-electron chi connectivity index (χ0n) is 12.7. The van der Waals surface area contributed by atoms with Crippen molar-refractivity contribution in [3.63, 3.8) is 0 Å². The minimum Gasteiger partial charge on any atom is -0.338 e. The van der Waals surface area contributed by atoms with Crippen LogP contribution in [0.4, 0.5) is 4.79 Å². The first kappa shape index (κ1) is 15.4. The molecule has 0 radical (unpaired) electrons. The lowest BCUT2D eigenvalue weighted by atomic mass is 9.94. The van der Waals surface area contributed by atoms with E-state index < -0.39 is 0 Å². The Morgan fingerprint density at radius 3 is 2.81 bits per heavy atom. The number of carbonyl (C=O) groups excluding carboxylic acids is 1. The summed E-state index contributed by atoms with van der Waals surface area (Å²) in [5.74, 6) is 0.519. The molecular formula is C16H23N3O2. The second kappa shape index (κ2) is 7.11. The largest absolute Gasteiger partial charge is 0.338 e. The Hall–Kier alpha value is -2.04. The van der Waals surface area contributed by atoms with Gasteiger partial charge in [0.05, 0.1) is 6.54 Å². The minimum atomic E-state index is -0.219. The predicted octanol–water partition coefficient (Wildman–Crippen LogP) is 2.15. The lowest BCUT2D eigenvalue weighted by molar-refractivity contribution is 0.238. The average molecular weight is 289 g/mol. The quantitative estimate of drug-likeness (QED) is 0.743. The molecule has 0 bridgehead atoms. The summed E-state index contributed by atoms with van der Waals surface area (Å²) in [6, 6.07) is 1.69. The molecule has 1 aromatic heterocycles. The predicted molar refractivity (Wildman–Crippen MR) is 83.3 cm³/mol. The average Bonchev–Trinajstić information content (AvgIpc) is 2.45. The smallest absolute Gasteiger partial charge is 0.315 e. The van der Waals surface area contributed by atoms with Gasteiger partial charge in [0.1, 0.15) is 0 Å². The number of H-pyrrole nitrogens is 1. The third kappa shape index (κ3) is 4.48. The standard InChI is InChI=1S/C16H23N3O2/c1-11-8-12(2)19-15(20)14(11)10-18-16(21)17-9-13-6-4-3-5-7-13/h3-4,8,13H,5-7,9-10H2,1-2H3,(H,19,20)(H2,17,18,21). The number of allylic oxidation sites excluding steroid dienone is 2. The summed E-state index contributed by atoms with van der Waals surface area (Å²) in [4.78, 5) is 26.4. The van der Waals surface area contributed by atoms with Crippen LogP contribution < -0.4 is 16.2 Å². The first-order valence-corrected chi connectivity index (χ1v) is 7.42. The number of aromatic nitrogens is 1. The van der Waals surface area contributed by atoms with Crippen molar-refractivity contribution in [2.24, 2.45) is 5.92 Å². The SMILES string of the molecule is Cc1cc(C)c(CNC(=O)NCC2CC=CCC2)c(=O)[nH]1. The Morgan fingerprint density at radius 1 is 1.33 bits per heavy atom. The Bertz CT molecular complexity index is 590. The molecule has 1 unspecified atom stereocenters. The molecule has 1 aliphatic carbocycles. The van der Waals surface area contributed by atoms with Crippen molar-refractivity contribution in [1.29, 1.82) is 0 Å². The first-order chi connectivity index (χ1) is 10.1. The van der Waals surface area contributed by atoms with E-state index in [-0.39, 0.29) is 18.1 Å². The van der Waals surface area contributed by atoms with Crippen molar-refractivity contribution in [1.82, 2.24) is 15.6 Å². The molecule has 114 valence electrons. The fourth-order valence-corrected chi connectivity index (χ4v) is 2.61. The van der Waals surface area contributed by atoms with Gasteiger partial charge in [0, 0.05) is 17.8 Å². The van der Waals surface area contributed by atoms with Gasteiger partial charge in [-0.25, -0.2) is 4.79 Å². The Labute approximate surface area is 124 Å². The van der Waals surface area contributed by atoms with Crippen LogP contribution in [0.15, 0.2) is 23.0 Å². The summed E-state index contributed by atoms with van der Waals surface area (Å²) in [5.41, 5.74) is 2.20. The molecule has 2 amide bonds. The summed E-state index contributed by atoms with van der Waals surface area (Å²) in [5, 5.41) is 5.63. The van der Waals surface area contributed by atoms with Crippen molar-refractivity contribution in [2.45, 2.75) is 39.7 Å². The number of rotatable bonds is 4. The third-order valence-electron chi connectivity index (χ3n) is 3.85. The zero-order valence-corrected chi connectivity index (χ0v) is 12.7.